The molecule has 22 heavy (non-hydrogen) atoms. The summed E-state index contributed by atoms with van der Waals surface area (Å²) in [6, 6.07) is 4.54. The molecule has 0 radical (unpaired) electrons. The van der Waals surface area contributed by atoms with Gasteiger partial charge < -0.3 is 9.84 Å². The number of benzene rings is 1. The molecule has 1 aromatic carbocycles. The van der Waals surface area contributed by atoms with Crippen LogP contribution in [0, 0.1) is 11.7 Å². The topological polar surface area (TPSA) is 60.2 Å². The zero-order valence-electron chi connectivity index (χ0n) is 11.7. The van der Waals surface area contributed by atoms with Gasteiger partial charge in [-0.3, -0.25) is 0 Å². The molecule has 0 saturated carbocycles. The van der Waals surface area contributed by atoms with Crippen molar-refractivity contribution < 1.29 is 14.2 Å². The molecule has 1 fully saturated rings. The molecule has 0 amide bonds. The number of halogens is 3. The van der Waals surface area contributed by atoms with Gasteiger partial charge in [-0.25, -0.2) is 14.1 Å². The molecule has 8 heteroatoms. The van der Waals surface area contributed by atoms with Crippen LogP contribution in [0.2, 0.25) is 5.02 Å². The van der Waals surface area contributed by atoms with Crippen LogP contribution in [0.1, 0.15) is 12.0 Å². The fourth-order valence-electron chi connectivity index (χ4n) is 2.80. The first-order valence-corrected chi connectivity index (χ1v) is 7.03. The summed E-state index contributed by atoms with van der Waals surface area (Å²) in [5.74, 6) is -0.440. The van der Waals surface area contributed by atoms with Crippen LogP contribution in [0.15, 0.2) is 30.9 Å². The molecule has 2 heterocycles. The Morgan fingerprint density at radius 3 is 2.91 bits per heavy atom. The van der Waals surface area contributed by atoms with Gasteiger partial charge in [0.05, 0.1) is 13.2 Å². The number of aromatic nitrogens is 3. The molecule has 120 valence electrons. The van der Waals surface area contributed by atoms with E-state index in [1.54, 1.807) is 23.1 Å². The van der Waals surface area contributed by atoms with E-state index in [-0.39, 0.29) is 24.9 Å². The van der Waals surface area contributed by atoms with Crippen molar-refractivity contribution in [3.8, 4) is 0 Å². The molecule has 1 aromatic heterocycles. The Hall–Kier alpha value is -1.21. The van der Waals surface area contributed by atoms with E-state index < -0.39 is 11.4 Å². The summed E-state index contributed by atoms with van der Waals surface area (Å²) >= 11 is 5.82. The Kier molecular flexibility index (Phi) is 5.39. The molecule has 1 unspecified atom stereocenters. The van der Waals surface area contributed by atoms with E-state index in [1.807, 2.05) is 0 Å². The predicted molar refractivity (Wildman–Crippen MR) is 81.5 cm³/mol. The Morgan fingerprint density at radius 2 is 2.32 bits per heavy atom. The van der Waals surface area contributed by atoms with Gasteiger partial charge in [0, 0.05) is 23.1 Å². The normalized spacial score (nSPS) is 24.2. The molecular formula is C14H16Cl2FN3O2. The fourth-order valence-corrected chi connectivity index (χ4v) is 2.96. The van der Waals surface area contributed by atoms with E-state index in [9.17, 15) is 9.50 Å². The second-order valence-electron chi connectivity index (χ2n) is 5.28. The van der Waals surface area contributed by atoms with Gasteiger partial charge in [0.25, 0.3) is 0 Å². The zero-order chi connectivity index (χ0) is 14.9. The molecule has 2 atom stereocenters. The number of hydrogen-bond donors (Lipinski definition) is 1. The van der Waals surface area contributed by atoms with Crippen LogP contribution >= 0.6 is 24.0 Å². The average Bonchev–Trinajstić information content (AvgIpc) is 3.09. The molecule has 2 aromatic rings. The number of rotatable bonds is 4. The van der Waals surface area contributed by atoms with Crippen molar-refractivity contribution in [2.24, 2.45) is 5.92 Å². The van der Waals surface area contributed by atoms with Gasteiger partial charge in [-0.05, 0) is 18.6 Å². The lowest BCUT2D eigenvalue weighted by atomic mass is 9.87. The highest BCUT2D eigenvalue weighted by Gasteiger charge is 2.44. The van der Waals surface area contributed by atoms with Crippen molar-refractivity contribution in [1.29, 1.82) is 0 Å². The summed E-state index contributed by atoms with van der Waals surface area (Å²) in [6.45, 7) is 0.726. The van der Waals surface area contributed by atoms with Crippen LogP contribution in [0.25, 0.3) is 0 Å². The van der Waals surface area contributed by atoms with Gasteiger partial charge in [0.1, 0.15) is 24.1 Å². The van der Waals surface area contributed by atoms with E-state index in [0.717, 1.165) is 0 Å². The SMILES string of the molecule is Cl.OC[C@@H]1COC(Cn2cncn2)(c2ccc(Cl)cc2F)C1. The maximum atomic E-state index is 14.3. The lowest BCUT2D eigenvalue weighted by Crippen LogP contribution is -2.32. The van der Waals surface area contributed by atoms with Gasteiger partial charge in [-0.1, -0.05) is 17.7 Å². The van der Waals surface area contributed by atoms with Crippen molar-refractivity contribution in [2.45, 2.75) is 18.6 Å². The van der Waals surface area contributed by atoms with Crippen molar-refractivity contribution in [3.05, 3.63) is 47.3 Å². The van der Waals surface area contributed by atoms with Crippen LogP contribution in [0.3, 0.4) is 0 Å². The number of ether oxygens (including phenoxy) is 1. The van der Waals surface area contributed by atoms with Crippen LogP contribution in [0.5, 0.6) is 0 Å². The molecule has 0 aliphatic carbocycles. The summed E-state index contributed by atoms with van der Waals surface area (Å²) < 4.78 is 21.8. The number of nitrogens with zero attached hydrogens (tertiary/aromatic N) is 3. The first-order valence-electron chi connectivity index (χ1n) is 6.66. The maximum Gasteiger partial charge on any atom is 0.137 e. The molecule has 0 bridgehead atoms. The predicted octanol–water partition coefficient (Wildman–Crippen LogP) is 2.42. The summed E-state index contributed by atoms with van der Waals surface area (Å²) in [5, 5.41) is 13.8. The molecular weight excluding hydrogens is 332 g/mol. The van der Waals surface area contributed by atoms with Gasteiger partial charge >= 0.3 is 0 Å². The number of hydrogen-bond acceptors (Lipinski definition) is 4. The molecule has 1 aliphatic rings. The van der Waals surface area contributed by atoms with Gasteiger partial charge in [0.2, 0.25) is 0 Å². The average molecular weight is 348 g/mol. The molecule has 1 saturated heterocycles. The Morgan fingerprint density at radius 1 is 1.50 bits per heavy atom. The number of aliphatic hydroxyl groups excluding tert-OH is 1. The minimum absolute atomic E-state index is 0. The highest BCUT2D eigenvalue weighted by atomic mass is 35.5. The van der Waals surface area contributed by atoms with Gasteiger partial charge in [-0.15, -0.1) is 12.4 Å². The number of aliphatic hydroxyl groups is 1. The molecule has 3 rings (SSSR count). The van der Waals surface area contributed by atoms with Crippen LogP contribution < -0.4 is 0 Å². The van der Waals surface area contributed by atoms with Crippen LogP contribution in [-0.4, -0.2) is 33.1 Å². The van der Waals surface area contributed by atoms with Gasteiger partial charge in [0.15, 0.2) is 0 Å². The summed E-state index contributed by atoms with van der Waals surface area (Å²) in [4.78, 5) is 3.90. The third-order valence-electron chi connectivity index (χ3n) is 3.78. The van der Waals surface area contributed by atoms with E-state index in [4.69, 9.17) is 16.3 Å². The molecule has 0 spiro atoms. The van der Waals surface area contributed by atoms with E-state index in [2.05, 4.69) is 10.1 Å². The third kappa shape index (κ3) is 3.25. The maximum absolute atomic E-state index is 14.3. The van der Waals surface area contributed by atoms with E-state index >= 15 is 0 Å². The van der Waals surface area contributed by atoms with Crippen LogP contribution in [-0.2, 0) is 16.9 Å². The molecule has 1 N–H and O–H groups in total. The smallest absolute Gasteiger partial charge is 0.137 e. The third-order valence-corrected chi connectivity index (χ3v) is 4.01. The standard InChI is InChI=1S/C14H15ClFN3O2.ClH/c15-11-1-2-12(13(16)3-11)14(4-10(5-20)6-21-14)7-19-9-17-8-18-19;/h1-3,8-10,20H,4-7H2;1H/t10-,14?;/m1./s1. The lowest BCUT2D eigenvalue weighted by Gasteiger charge is -2.29. The summed E-state index contributed by atoms with van der Waals surface area (Å²) in [6.07, 6.45) is 3.50. The highest BCUT2D eigenvalue weighted by molar-refractivity contribution is 6.30. The second-order valence-corrected chi connectivity index (χ2v) is 5.71. The second kappa shape index (κ2) is 6.91. The van der Waals surface area contributed by atoms with Gasteiger partial charge in [-0.2, -0.15) is 5.10 Å². The largest absolute Gasteiger partial charge is 0.396 e. The quantitative estimate of drug-likeness (QED) is 0.922. The summed E-state index contributed by atoms with van der Waals surface area (Å²) in [5.41, 5.74) is -0.436. The fraction of sp³-hybridized carbons (Fsp3) is 0.429. The highest BCUT2D eigenvalue weighted by Crippen LogP contribution is 2.41. The zero-order valence-corrected chi connectivity index (χ0v) is 13.2. The van der Waals surface area contributed by atoms with E-state index in [0.29, 0.717) is 30.2 Å². The Bertz CT molecular complexity index is 627. The first kappa shape index (κ1) is 17.1. The van der Waals surface area contributed by atoms with E-state index in [1.165, 1.54) is 12.4 Å². The summed E-state index contributed by atoms with van der Waals surface area (Å²) in [7, 11) is 0. The van der Waals surface area contributed by atoms with Crippen molar-refractivity contribution >= 4 is 24.0 Å². The minimum atomic E-state index is -0.865. The van der Waals surface area contributed by atoms with Crippen molar-refractivity contribution in [2.75, 3.05) is 13.2 Å². The van der Waals surface area contributed by atoms with Crippen LogP contribution in [0.4, 0.5) is 4.39 Å². The monoisotopic (exact) mass is 347 g/mol. The first-order chi connectivity index (χ1) is 10.1. The molecule has 1 aliphatic heterocycles. The van der Waals surface area contributed by atoms with Crippen molar-refractivity contribution in [3.63, 3.8) is 0 Å². The Labute approximate surface area is 138 Å². The minimum Gasteiger partial charge on any atom is -0.396 e. The van der Waals surface area contributed by atoms with Crippen molar-refractivity contribution in [1.82, 2.24) is 14.8 Å². The lowest BCUT2D eigenvalue weighted by molar-refractivity contribution is -0.0206. The Balaban J connectivity index is 0.00000176. The molecule has 5 nitrogen and oxygen atoms in total.